The normalized spacial score (nSPS) is 21.5. The lowest BCUT2D eigenvalue weighted by molar-refractivity contribution is 0.260. The van der Waals surface area contributed by atoms with Crippen LogP contribution >= 0.6 is 0 Å². The molecule has 2 aliphatic heterocycles. The van der Waals surface area contributed by atoms with E-state index in [4.69, 9.17) is 9.47 Å². The fourth-order valence-electron chi connectivity index (χ4n) is 3.01. The van der Waals surface area contributed by atoms with Crippen molar-refractivity contribution in [2.75, 3.05) is 0 Å². The molecule has 0 aliphatic carbocycles. The molecule has 0 unspecified atom stereocenters. The Hall–Kier alpha value is -3.14. The van der Waals surface area contributed by atoms with Crippen molar-refractivity contribution >= 4 is 24.6 Å². The number of hydrogen-bond acceptors (Lipinski definition) is 4. The highest BCUT2D eigenvalue weighted by Crippen LogP contribution is 2.29. The van der Waals surface area contributed by atoms with E-state index >= 15 is 0 Å². The van der Waals surface area contributed by atoms with Crippen molar-refractivity contribution in [3.05, 3.63) is 70.8 Å². The summed E-state index contributed by atoms with van der Waals surface area (Å²) in [5, 5.41) is 8.41. The number of rotatable bonds is 3. The predicted molar refractivity (Wildman–Crippen MR) is 106 cm³/mol. The largest absolute Gasteiger partial charge is 0.485 e. The monoisotopic (exact) mass is 344 g/mol. The van der Waals surface area contributed by atoms with Crippen LogP contribution in [0.2, 0.25) is 0 Å². The summed E-state index contributed by atoms with van der Waals surface area (Å²) in [6.45, 7) is 4.02. The summed E-state index contributed by atoms with van der Waals surface area (Å²) in [4.78, 5) is 0. The molecule has 2 heterocycles. The van der Waals surface area contributed by atoms with Crippen LogP contribution < -0.4 is 9.47 Å². The average molecular weight is 344 g/mol. The zero-order valence-corrected chi connectivity index (χ0v) is 14.8. The molecule has 4 heteroatoms. The Morgan fingerprint density at radius 2 is 1.12 bits per heavy atom. The smallest absolute Gasteiger partial charge is 0.127 e. The minimum atomic E-state index is -0.0492. The lowest BCUT2D eigenvalue weighted by Gasteiger charge is -2.22. The van der Waals surface area contributed by atoms with Gasteiger partial charge in [-0.15, -0.1) is 0 Å². The Kier molecular flexibility index (Phi) is 4.40. The van der Waals surface area contributed by atoms with E-state index in [0.29, 0.717) is 0 Å². The highest BCUT2D eigenvalue weighted by molar-refractivity contribution is 5.91. The van der Waals surface area contributed by atoms with E-state index in [1.54, 1.807) is 12.4 Å². The third kappa shape index (κ3) is 3.31. The van der Waals surface area contributed by atoms with Crippen LogP contribution in [0.15, 0.2) is 69.9 Å². The Labute approximate surface area is 153 Å². The molecular weight excluding hydrogens is 324 g/mol. The van der Waals surface area contributed by atoms with Crippen molar-refractivity contribution in [3.63, 3.8) is 0 Å². The Bertz CT molecular complexity index is 863. The van der Waals surface area contributed by atoms with Gasteiger partial charge in [-0.05, 0) is 38.1 Å². The summed E-state index contributed by atoms with van der Waals surface area (Å²) in [5.41, 5.74) is 4.11. The summed E-state index contributed by atoms with van der Waals surface area (Å²) in [6, 6.07) is 16.0. The van der Waals surface area contributed by atoms with Crippen LogP contribution in [0, 0.1) is 0 Å². The summed E-state index contributed by atoms with van der Waals surface area (Å²) < 4.78 is 11.8. The molecule has 4 rings (SSSR count). The predicted octanol–water partition coefficient (Wildman–Crippen LogP) is 4.77. The number of ether oxygens (including phenoxy) is 2. The number of nitrogens with zero attached hydrogens (tertiary/aromatic N) is 2. The Morgan fingerprint density at radius 1 is 0.692 bits per heavy atom. The van der Waals surface area contributed by atoms with Gasteiger partial charge in [0, 0.05) is 22.3 Å². The molecule has 0 spiro atoms. The van der Waals surface area contributed by atoms with Gasteiger partial charge in [0.15, 0.2) is 0 Å². The van der Waals surface area contributed by atoms with Crippen molar-refractivity contribution in [2.45, 2.75) is 26.1 Å². The second kappa shape index (κ2) is 7.00. The third-order valence-electron chi connectivity index (χ3n) is 4.51. The average Bonchev–Trinajstić information content (AvgIpc) is 2.65. The van der Waals surface area contributed by atoms with Gasteiger partial charge in [-0.3, -0.25) is 0 Å². The van der Waals surface area contributed by atoms with Crippen molar-refractivity contribution in [3.8, 4) is 11.5 Å². The highest BCUT2D eigenvalue weighted by Gasteiger charge is 2.18. The molecule has 130 valence electrons. The summed E-state index contributed by atoms with van der Waals surface area (Å²) in [5.74, 6) is 1.80. The fraction of sp³-hybridized carbons (Fsp3) is 0.182. The van der Waals surface area contributed by atoms with E-state index in [1.807, 2.05) is 62.4 Å². The number of benzene rings is 2. The topological polar surface area (TPSA) is 43.2 Å². The highest BCUT2D eigenvalue weighted by atomic mass is 16.5. The van der Waals surface area contributed by atoms with Gasteiger partial charge >= 0.3 is 0 Å². The SMILES string of the molecule is C[C@@H]1Oc2ccccc2C=C1/C=N\N=C/C1=Cc2ccccc2O[C@@H]1C. The molecule has 4 nitrogen and oxygen atoms in total. The van der Waals surface area contributed by atoms with Gasteiger partial charge in [0.2, 0.25) is 0 Å². The second-order valence-electron chi connectivity index (χ2n) is 6.37. The van der Waals surface area contributed by atoms with Crippen molar-refractivity contribution < 1.29 is 9.47 Å². The molecule has 0 N–H and O–H groups in total. The van der Waals surface area contributed by atoms with Gasteiger partial charge < -0.3 is 9.47 Å². The first-order chi connectivity index (χ1) is 12.7. The van der Waals surface area contributed by atoms with Crippen LogP contribution in [0.1, 0.15) is 25.0 Å². The zero-order valence-electron chi connectivity index (χ0n) is 14.8. The van der Waals surface area contributed by atoms with E-state index in [1.165, 1.54) is 0 Å². The maximum atomic E-state index is 5.90. The van der Waals surface area contributed by atoms with Gasteiger partial charge in [0.25, 0.3) is 0 Å². The van der Waals surface area contributed by atoms with E-state index in [9.17, 15) is 0 Å². The van der Waals surface area contributed by atoms with Crippen LogP contribution in [0.25, 0.3) is 12.2 Å². The molecule has 2 aliphatic rings. The molecular formula is C22H20N2O2. The summed E-state index contributed by atoms with van der Waals surface area (Å²) in [7, 11) is 0. The van der Waals surface area contributed by atoms with Crippen molar-refractivity contribution in [1.29, 1.82) is 0 Å². The molecule has 0 aromatic heterocycles. The Balaban J connectivity index is 1.50. The molecule has 26 heavy (non-hydrogen) atoms. The zero-order chi connectivity index (χ0) is 17.9. The standard InChI is InChI=1S/C22H20N2O2/c1-15-19(11-17-7-3-5-9-21(17)25-15)13-23-24-14-20-12-18-8-4-6-10-22(18)26-16(20)2/h3-16H,1-2H3/b23-13-,24-14-/t15-,16+. The first-order valence-electron chi connectivity index (χ1n) is 8.71. The lowest BCUT2D eigenvalue weighted by Crippen LogP contribution is -2.20. The molecule has 0 saturated heterocycles. The van der Waals surface area contributed by atoms with Gasteiger partial charge in [-0.25, -0.2) is 0 Å². The van der Waals surface area contributed by atoms with E-state index in [2.05, 4.69) is 22.4 Å². The quantitative estimate of drug-likeness (QED) is 0.594. The Morgan fingerprint density at radius 3 is 1.58 bits per heavy atom. The van der Waals surface area contributed by atoms with Gasteiger partial charge in [-0.1, -0.05) is 36.4 Å². The van der Waals surface area contributed by atoms with Gasteiger partial charge in [0.1, 0.15) is 23.7 Å². The van der Waals surface area contributed by atoms with E-state index in [-0.39, 0.29) is 12.2 Å². The first kappa shape index (κ1) is 16.3. The molecule has 0 fully saturated rings. The third-order valence-corrected chi connectivity index (χ3v) is 4.51. The van der Waals surface area contributed by atoms with E-state index in [0.717, 1.165) is 33.8 Å². The lowest BCUT2D eigenvalue weighted by atomic mass is 10.0. The van der Waals surface area contributed by atoms with Crippen LogP contribution in [-0.2, 0) is 0 Å². The number of para-hydroxylation sites is 2. The minimum Gasteiger partial charge on any atom is -0.485 e. The van der Waals surface area contributed by atoms with Crippen molar-refractivity contribution in [1.82, 2.24) is 0 Å². The minimum absolute atomic E-state index is 0.0492. The number of fused-ring (bicyclic) bond motifs is 2. The maximum Gasteiger partial charge on any atom is 0.127 e. The van der Waals surface area contributed by atoms with Crippen LogP contribution in [-0.4, -0.2) is 24.6 Å². The number of hydrogen-bond donors (Lipinski definition) is 0. The van der Waals surface area contributed by atoms with Crippen molar-refractivity contribution in [2.24, 2.45) is 10.2 Å². The maximum absolute atomic E-state index is 5.90. The molecule has 2 aromatic carbocycles. The van der Waals surface area contributed by atoms with Crippen LogP contribution in [0.5, 0.6) is 11.5 Å². The molecule has 0 bridgehead atoms. The van der Waals surface area contributed by atoms with E-state index < -0.39 is 0 Å². The first-order valence-corrected chi connectivity index (χ1v) is 8.71. The van der Waals surface area contributed by atoms with Gasteiger partial charge in [0.05, 0.1) is 12.4 Å². The van der Waals surface area contributed by atoms with Gasteiger partial charge in [-0.2, -0.15) is 10.2 Å². The van der Waals surface area contributed by atoms with Crippen LogP contribution in [0.3, 0.4) is 0 Å². The molecule has 2 aromatic rings. The summed E-state index contributed by atoms with van der Waals surface area (Å²) in [6.07, 6.45) is 7.58. The fourth-order valence-corrected chi connectivity index (χ4v) is 3.01. The molecule has 0 radical (unpaired) electrons. The summed E-state index contributed by atoms with van der Waals surface area (Å²) >= 11 is 0. The second-order valence-corrected chi connectivity index (χ2v) is 6.37. The molecule has 0 saturated carbocycles. The molecule has 2 atom stereocenters. The molecule has 0 amide bonds. The van der Waals surface area contributed by atoms with Crippen LogP contribution in [0.4, 0.5) is 0 Å².